The van der Waals surface area contributed by atoms with Gasteiger partial charge in [0.25, 0.3) is 15.9 Å². The van der Waals surface area contributed by atoms with E-state index >= 15 is 0 Å². The van der Waals surface area contributed by atoms with E-state index in [1.165, 1.54) is 36.4 Å². The quantitative estimate of drug-likeness (QED) is 0.250. The fourth-order valence-electron chi connectivity index (χ4n) is 3.57. The van der Waals surface area contributed by atoms with Gasteiger partial charge >= 0.3 is 5.97 Å². The number of hydrogen-bond acceptors (Lipinski definition) is 4. The molecule has 36 heavy (non-hydrogen) atoms. The number of hydrogen-bond donors (Lipinski definition) is 3. The van der Waals surface area contributed by atoms with Crippen LogP contribution in [-0.4, -0.2) is 25.4 Å². The standard InChI is InChI=1S/C27H21BrN2O5S/c28-21-11-14-25(24(17-21)27(32)33)29-26(31)20-9-12-23(13-10-20)36(34,35)30-22-8-4-7-19(16-22)15-18-5-2-1-3-6-18/h1-14,16-17,30H,15H2,(H,29,31)(H,32,33). The van der Waals surface area contributed by atoms with Crippen LogP contribution >= 0.6 is 15.9 Å². The van der Waals surface area contributed by atoms with Crippen LogP contribution in [0.25, 0.3) is 0 Å². The Kier molecular flexibility index (Phi) is 7.52. The molecule has 0 aliphatic heterocycles. The third-order valence-corrected chi connectivity index (χ3v) is 7.21. The van der Waals surface area contributed by atoms with Gasteiger partial charge in [-0.2, -0.15) is 0 Å². The number of sulfonamides is 1. The van der Waals surface area contributed by atoms with E-state index in [1.807, 2.05) is 36.4 Å². The molecule has 0 saturated heterocycles. The van der Waals surface area contributed by atoms with Crippen molar-refractivity contribution in [1.82, 2.24) is 0 Å². The molecule has 0 saturated carbocycles. The number of nitrogens with one attached hydrogen (secondary N) is 2. The molecule has 7 nitrogen and oxygen atoms in total. The summed E-state index contributed by atoms with van der Waals surface area (Å²) in [5.41, 5.74) is 2.74. The molecule has 1 amide bonds. The molecule has 9 heteroatoms. The summed E-state index contributed by atoms with van der Waals surface area (Å²) in [6.45, 7) is 0. The molecule has 0 unspecified atom stereocenters. The summed E-state index contributed by atoms with van der Waals surface area (Å²) in [6, 6.07) is 26.9. The van der Waals surface area contributed by atoms with Crippen LogP contribution in [0, 0.1) is 0 Å². The molecular weight excluding hydrogens is 544 g/mol. The Bertz CT molecular complexity index is 1520. The molecular formula is C27H21BrN2O5S. The Morgan fingerprint density at radius 3 is 2.19 bits per heavy atom. The normalized spacial score (nSPS) is 11.0. The number of benzene rings is 4. The summed E-state index contributed by atoms with van der Waals surface area (Å²) in [6.07, 6.45) is 0.669. The van der Waals surface area contributed by atoms with Crippen LogP contribution in [0.3, 0.4) is 0 Å². The van der Waals surface area contributed by atoms with Gasteiger partial charge in [0.15, 0.2) is 0 Å². The molecule has 3 N–H and O–H groups in total. The first-order valence-corrected chi connectivity index (χ1v) is 13.1. The number of carbonyl (C=O) groups is 2. The zero-order valence-electron chi connectivity index (χ0n) is 18.8. The number of halogens is 1. The van der Waals surface area contributed by atoms with E-state index in [-0.39, 0.29) is 21.7 Å². The minimum Gasteiger partial charge on any atom is -0.478 e. The molecule has 0 radical (unpaired) electrons. The monoisotopic (exact) mass is 564 g/mol. The fraction of sp³-hybridized carbons (Fsp3) is 0.0370. The van der Waals surface area contributed by atoms with E-state index in [2.05, 4.69) is 26.0 Å². The Hall–Kier alpha value is -3.95. The summed E-state index contributed by atoms with van der Waals surface area (Å²) in [4.78, 5) is 24.1. The molecule has 0 bridgehead atoms. The Labute approximate surface area is 217 Å². The summed E-state index contributed by atoms with van der Waals surface area (Å²) in [7, 11) is -3.89. The van der Waals surface area contributed by atoms with E-state index in [1.54, 1.807) is 24.3 Å². The van der Waals surface area contributed by atoms with E-state index in [0.717, 1.165) is 11.1 Å². The molecule has 0 heterocycles. The second-order valence-corrected chi connectivity index (χ2v) is 10.5. The predicted molar refractivity (Wildman–Crippen MR) is 142 cm³/mol. The second-order valence-electron chi connectivity index (χ2n) is 7.94. The maximum atomic E-state index is 12.9. The maximum absolute atomic E-state index is 12.9. The van der Waals surface area contributed by atoms with Crippen LogP contribution in [0.15, 0.2) is 106 Å². The number of anilines is 2. The molecule has 0 atom stereocenters. The predicted octanol–water partition coefficient (Wildman–Crippen LogP) is 5.79. The van der Waals surface area contributed by atoms with Gasteiger partial charge in [-0.05, 0) is 72.1 Å². The summed E-state index contributed by atoms with van der Waals surface area (Å²) < 4.78 is 29.0. The number of carboxylic acid groups (broad SMARTS) is 1. The van der Waals surface area contributed by atoms with Crippen molar-refractivity contribution in [3.63, 3.8) is 0 Å². The highest BCUT2D eigenvalue weighted by molar-refractivity contribution is 9.10. The molecule has 4 aromatic rings. The lowest BCUT2D eigenvalue weighted by molar-refractivity contribution is 0.0698. The van der Waals surface area contributed by atoms with Crippen molar-refractivity contribution < 1.29 is 23.1 Å². The molecule has 0 spiro atoms. The summed E-state index contributed by atoms with van der Waals surface area (Å²) in [5, 5.41) is 11.9. The van der Waals surface area contributed by atoms with Gasteiger partial charge in [-0.1, -0.05) is 58.4 Å². The number of carboxylic acids is 1. The number of aromatic carboxylic acids is 1. The average molecular weight is 565 g/mol. The first kappa shape index (κ1) is 25.2. The van der Waals surface area contributed by atoms with Crippen LogP contribution < -0.4 is 10.0 Å². The van der Waals surface area contributed by atoms with Gasteiger partial charge in [0.05, 0.1) is 16.1 Å². The number of rotatable bonds is 8. The SMILES string of the molecule is O=C(Nc1ccc(Br)cc1C(=O)O)c1ccc(S(=O)(=O)Nc2cccc(Cc3ccccc3)c2)cc1. The highest BCUT2D eigenvalue weighted by Gasteiger charge is 2.17. The highest BCUT2D eigenvalue weighted by Crippen LogP contribution is 2.23. The molecule has 182 valence electrons. The maximum Gasteiger partial charge on any atom is 0.337 e. The van der Waals surface area contributed by atoms with Gasteiger partial charge in [-0.3, -0.25) is 9.52 Å². The van der Waals surface area contributed by atoms with E-state index in [0.29, 0.717) is 16.6 Å². The zero-order chi connectivity index (χ0) is 25.7. The Balaban J connectivity index is 1.47. The number of amides is 1. The first-order valence-electron chi connectivity index (χ1n) is 10.8. The van der Waals surface area contributed by atoms with Crippen molar-refractivity contribution in [2.24, 2.45) is 0 Å². The van der Waals surface area contributed by atoms with Crippen molar-refractivity contribution in [1.29, 1.82) is 0 Å². The van der Waals surface area contributed by atoms with E-state index in [4.69, 9.17) is 0 Å². The minimum atomic E-state index is -3.89. The third kappa shape index (κ3) is 6.18. The van der Waals surface area contributed by atoms with Crippen LogP contribution in [0.4, 0.5) is 11.4 Å². The van der Waals surface area contributed by atoms with E-state index in [9.17, 15) is 23.1 Å². The van der Waals surface area contributed by atoms with Crippen LogP contribution in [-0.2, 0) is 16.4 Å². The smallest absolute Gasteiger partial charge is 0.337 e. The van der Waals surface area contributed by atoms with Gasteiger partial charge in [0.1, 0.15) is 0 Å². The van der Waals surface area contributed by atoms with Crippen LogP contribution in [0.5, 0.6) is 0 Å². The number of carbonyl (C=O) groups excluding carboxylic acids is 1. The third-order valence-electron chi connectivity index (χ3n) is 5.32. The van der Waals surface area contributed by atoms with Crippen molar-refractivity contribution in [3.8, 4) is 0 Å². The molecule has 0 fully saturated rings. The van der Waals surface area contributed by atoms with Gasteiger partial charge in [0, 0.05) is 15.7 Å². The minimum absolute atomic E-state index is 0.0117. The molecule has 0 aromatic heterocycles. The van der Waals surface area contributed by atoms with Gasteiger partial charge < -0.3 is 10.4 Å². The lowest BCUT2D eigenvalue weighted by Crippen LogP contribution is -2.16. The van der Waals surface area contributed by atoms with Gasteiger partial charge in [-0.15, -0.1) is 0 Å². The zero-order valence-corrected chi connectivity index (χ0v) is 21.2. The first-order chi connectivity index (χ1) is 17.2. The van der Waals surface area contributed by atoms with Crippen molar-refractivity contribution in [2.75, 3.05) is 10.0 Å². The summed E-state index contributed by atoms with van der Waals surface area (Å²) in [5.74, 6) is -1.75. The van der Waals surface area contributed by atoms with Crippen LogP contribution in [0.2, 0.25) is 0 Å². The van der Waals surface area contributed by atoms with Crippen molar-refractivity contribution >= 4 is 49.2 Å². The largest absolute Gasteiger partial charge is 0.478 e. The highest BCUT2D eigenvalue weighted by atomic mass is 79.9. The van der Waals surface area contributed by atoms with Gasteiger partial charge in [-0.25, -0.2) is 13.2 Å². The second kappa shape index (κ2) is 10.8. The average Bonchev–Trinajstić information content (AvgIpc) is 2.85. The van der Waals surface area contributed by atoms with Crippen LogP contribution in [0.1, 0.15) is 31.8 Å². The van der Waals surface area contributed by atoms with Gasteiger partial charge in [0.2, 0.25) is 0 Å². The van der Waals surface area contributed by atoms with Crippen molar-refractivity contribution in [2.45, 2.75) is 11.3 Å². The lowest BCUT2D eigenvalue weighted by atomic mass is 10.0. The lowest BCUT2D eigenvalue weighted by Gasteiger charge is -2.11. The molecule has 4 aromatic carbocycles. The Morgan fingerprint density at radius 2 is 1.50 bits per heavy atom. The molecule has 4 rings (SSSR count). The topological polar surface area (TPSA) is 113 Å². The van der Waals surface area contributed by atoms with Crippen molar-refractivity contribution in [3.05, 3.63) is 124 Å². The fourth-order valence-corrected chi connectivity index (χ4v) is 4.98. The summed E-state index contributed by atoms with van der Waals surface area (Å²) >= 11 is 3.21. The molecule has 0 aliphatic rings. The molecule has 0 aliphatic carbocycles. The van der Waals surface area contributed by atoms with E-state index < -0.39 is 21.9 Å². The Morgan fingerprint density at radius 1 is 0.806 bits per heavy atom.